The molecule has 1 saturated heterocycles. The maximum absolute atomic E-state index is 9.13. The molecule has 0 bridgehead atoms. The zero-order valence-electron chi connectivity index (χ0n) is 10.3. The molecule has 0 aliphatic carbocycles. The first-order chi connectivity index (χ1) is 8.19. The highest BCUT2D eigenvalue weighted by molar-refractivity contribution is 6.30. The van der Waals surface area contributed by atoms with E-state index in [0.717, 1.165) is 31.1 Å². The van der Waals surface area contributed by atoms with Crippen molar-refractivity contribution < 1.29 is 5.11 Å². The van der Waals surface area contributed by atoms with Crippen LogP contribution in [0.3, 0.4) is 0 Å². The fourth-order valence-corrected chi connectivity index (χ4v) is 2.73. The lowest BCUT2D eigenvalue weighted by Crippen LogP contribution is -2.26. The van der Waals surface area contributed by atoms with Gasteiger partial charge in [0.1, 0.15) is 0 Å². The molecule has 0 saturated carbocycles. The summed E-state index contributed by atoms with van der Waals surface area (Å²) >= 11 is 6.00. The minimum absolute atomic E-state index is 0.321. The van der Waals surface area contributed by atoms with Gasteiger partial charge < -0.3 is 10.0 Å². The molecule has 1 fully saturated rings. The molecule has 1 aromatic carbocycles. The number of hydrogen-bond donors (Lipinski definition) is 1. The highest BCUT2D eigenvalue weighted by Crippen LogP contribution is 2.23. The molecule has 1 aromatic rings. The molecule has 1 N–H and O–H groups in total. The fourth-order valence-electron chi connectivity index (χ4n) is 2.53. The van der Waals surface area contributed by atoms with Crippen molar-refractivity contribution in [1.82, 2.24) is 4.90 Å². The molecule has 1 aliphatic heterocycles. The number of rotatable bonds is 4. The number of aliphatic hydroxyl groups is 1. The topological polar surface area (TPSA) is 23.5 Å². The van der Waals surface area contributed by atoms with Crippen molar-refractivity contribution in [3.05, 3.63) is 34.9 Å². The summed E-state index contributed by atoms with van der Waals surface area (Å²) in [5.74, 6) is 0.965. The van der Waals surface area contributed by atoms with Gasteiger partial charge in [0.25, 0.3) is 0 Å². The predicted molar refractivity (Wildman–Crippen MR) is 71.5 cm³/mol. The second-order valence-electron chi connectivity index (χ2n) is 5.05. The van der Waals surface area contributed by atoms with E-state index in [1.54, 1.807) is 0 Å². The molecule has 94 valence electrons. The summed E-state index contributed by atoms with van der Waals surface area (Å²) in [6.07, 6.45) is 1.12. The Kier molecular flexibility index (Phi) is 4.43. The average molecular weight is 254 g/mol. The minimum Gasteiger partial charge on any atom is -0.396 e. The van der Waals surface area contributed by atoms with E-state index in [4.69, 9.17) is 16.7 Å². The lowest BCUT2D eigenvalue weighted by Gasteiger charge is -2.21. The Hall–Kier alpha value is -0.570. The SMILES string of the molecule is C[C@@H](CN1CC[C@H](CO)C1)c1cccc(Cl)c1. The van der Waals surface area contributed by atoms with Gasteiger partial charge in [0.15, 0.2) is 0 Å². The van der Waals surface area contributed by atoms with Gasteiger partial charge in [-0.05, 0) is 42.5 Å². The number of benzene rings is 1. The molecule has 0 amide bonds. The first kappa shape index (κ1) is 12.9. The predicted octanol–water partition coefficient (Wildman–Crippen LogP) is 2.76. The van der Waals surface area contributed by atoms with Gasteiger partial charge in [-0.3, -0.25) is 0 Å². The molecule has 0 unspecified atom stereocenters. The van der Waals surface area contributed by atoms with E-state index in [-0.39, 0.29) is 0 Å². The summed E-state index contributed by atoms with van der Waals surface area (Å²) in [6, 6.07) is 8.10. The third kappa shape index (κ3) is 3.44. The lowest BCUT2D eigenvalue weighted by atomic mass is 10.0. The van der Waals surface area contributed by atoms with Gasteiger partial charge in [-0.1, -0.05) is 30.7 Å². The Morgan fingerprint density at radius 3 is 3.00 bits per heavy atom. The molecule has 0 radical (unpaired) electrons. The summed E-state index contributed by atoms with van der Waals surface area (Å²) in [5, 5.41) is 9.94. The summed E-state index contributed by atoms with van der Waals surface area (Å²) in [5.41, 5.74) is 1.30. The summed E-state index contributed by atoms with van der Waals surface area (Å²) in [4.78, 5) is 2.44. The first-order valence-corrected chi connectivity index (χ1v) is 6.65. The molecule has 2 nitrogen and oxygen atoms in total. The van der Waals surface area contributed by atoms with Crippen molar-refractivity contribution in [3.8, 4) is 0 Å². The van der Waals surface area contributed by atoms with Crippen molar-refractivity contribution in [1.29, 1.82) is 0 Å². The van der Waals surface area contributed by atoms with E-state index in [2.05, 4.69) is 17.9 Å². The van der Waals surface area contributed by atoms with Crippen molar-refractivity contribution >= 4 is 11.6 Å². The number of nitrogens with zero attached hydrogens (tertiary/aromatic N) is 1. The first-order valence-electron chi connectivity index (χ1n) is 6.27. The highest BCUT2D eigenvalue weighted by Gasteiger charge is 2.23. The summed E-state index contributed by atoms with van der Waals surface area (Å²) < 4.78 is 0. The molecule has 17 heavy (non-hydrogen) atoms. The van der Waals surface area contributed by atoms with Gasteiger partial charge in [-0.25, -0.2) is 0 Å². The molecule has 2 rings (SSSR count). The maximum Gasteiger partial charge on any atom is 0.0471 e. The molecule has 0 spiro atoms. The lowest BCUT2D eigenvalue weighted by molar-refractivity contribution is 0.219. The van der Waals surface area contributed by atoms with Crippen LogP contribution in [-0.4, -0.2) is 36.2 Å². The van der Waals surface area contributed by atoms with Crippen LogP contribution in [0.2, 0.25) is 5.02 Å². The van der Waals surface area contributed by atoms with Crippen molar-refractivity contribution in [2.24, 2.45) is 5.92 Å². The average Bonchev–Trinajstić information content (AvgIpc) is 2.77. The van der Waals surface area contributed by atoms with Crippen LogP contribution in [0.1, 0.15) is 24.8 Å². The Morgan fingerprint density at radius 1 is 1.53 bits per heavy atom. The largest absolute Gasteiger partial charge is 0.396 e. The van der Waals surface area contributed by atoms with Crippen LogP contribution in [0, 0.1) is 5.92 Å². The quantitative estimate of drug-likeness (QED) is 0.892. The summed E-state index contributed by atoms with van der Waals surface area (Å²) in [6.45, 7) is 5.74. The molecular weight excluding hydrogens is 234 g/mol. The molecule has 1 aliphatic rings. The second kappa shape index (κ2) is 5.85. The van der Waals surface area contributed by atoms with Gasteiger partial charge in [-0.2, -0.15) is 0 Å². The standard InChI is InChI=1S/C14H20ClNO/c1-11(13-3-2-4-14(15)7-13)8-16-6-5-12(9-16)10-17/h2-4,7,11-12,17H,5-6,8-10H2,1H3/t11-,12-/m0/s1. The van der Waals surface area contributed by atoms with Crippen LogP contribution in [0.25, 0.3) is 0 Å². The number of likely N-dealkylation sites (tertiary alicyclic amines) is 1. The maximum atomic E-state index is 9.13. The van der Waals surface area contributed by atoms with Gasteiger partial charge in [0.05, 0.1) is 0 Å². The van der Waals surface area contributed by atoms with E-state index in [9.17, 15) is 0 Å². The van der Waals surface area contributed by atoms with Crippen LogP contribution < -0.4 is 0 Å². The normalized spacial score (nSPS) is 22.9. The van der Waals surface area contributed by atoms with Gasteiger partial charge in [0, 0.05) is 24.7 Å². The minimum atomic E-state index is 0.321. The zero-order chi connectivity index (χ0) is 12.3. The fraction of sp³-hybridized carbons (Fsp3) is 0.571. The van der Waals surface area contributed by atoms with E-state index >= 15 is 0 Å². The van der Waals surface area contributed by atoms with Gasteiger partial charge in [-0.15, -0.1) is 0 Å². The number of halogens is 1. The van der Waals surface area contributed by atoms with Crippen molar-refractivity contribution in [2.45, 2.75) is 19.3 Å². The molecule has 1 heterocycles. The Labute approximate surface area is 108 Å². The van der Waals surface area contributed by atoms with Gasteiger partial charge >= 0.3 is 0 Å². The van der Waals surface area contributed by atoms with E-state index < -0.39 is 0 Å². The van der Waals surface area contributed by atoms with Crippen LogP contribution in [-0.2, 0) is 0 Å². The molecule has 2 atom stereocenters. The zero-order valence-corrected chi connectivity index (χ0v) is 11.0. The van der Waals surface area contributed by atoms with Crippen molar-refractivity contribution in [2.75, 3.05) is 26.2 Å². The Bertz CT molecular complexity index is 369. The van der Waals surface area contributed by atoms with Crippen LogP contribution in [0.4, 0.5) is 0 Å². The molecule has 0 aromatic heterocycles. The molecule has 3 heteroatoms. The monoisotopic (exact) mass is 253 g/mol. The Morgan fingerprint density at radius 2 is 2.35 bits per heavy atom. The summed E-state index contributed by atoms with van der Waals surface area (Å²) in [7, 11) is 0. The smallest absolute Gasteiger partial charge is 0.0471 e. The third-order valence-electron chi connectivity index (χ3n) is 3.58. The van der Waals surface area contributed by atoms with Crippen LogP contribution in [0.5, 0.6) is 0 Å². The highest BCUT2D eigenvalue weighted by atomic mass is 35.5. The molecular formula is C14H20ClNO. The van der Waals surface area contributed by atoms with Gasteiger partial charge in [0.2, 0.25) is 0 Å². The van der Waals surface area contributed by atoms with Crippen LogP contribution >= 0.6 is 11.6 Å². The third-order valence-corrected chi connectivity index (χ3v) is 3.81. The number of hydrogen-bond acceptors (Lipinski definition) is 2. The second-order valence-corrected chi connectivity index (χ2v) is 5.49. The Balaban J connectivity index is 1.91. The van der Waals surface area contributed by atoms with E-state index in [1.807, 2.05) is 18.2 Å². The van der Waals surface area contributed by atoms with Crippen LogP contribution in [0.15, 0.2) is 24.3 Å². The number of aliphatic hydroxyl groups excluding tert-OH is 1. The van der Waals surface area contributed by atoms with Crippen molar-refractivity contribution in [3.63, 3.8) is 0 Å². The van der Waals surface area contributed by atoms with E-state index in [0.29, 0.717) is 18.4 Å². The van der Waals surface area contributed by atoms with E-state index in [1.165, 1.54) is 5.56 Å².